The number of aromatic nitrogens is 1. The van der Waals surface area contributed by atoms with Crippen LogP contribution in [0.4, 0.5) is 0 Å². The number of likely N-dealkylation sites (tertiary alicyclic amines) is 1. The van der Waals surface area contributed by atoms with Crippen LogP contribution in [0, 0.1) is 11.3 Å². The van der Waals surface area contributed by atoms with Crippen LogP contribution in [-0.4, -0.2) is 41.5 Å². The molecule has 0 saturated carbocycles. The van der Waals surface area contributed by atoms with Crippen LogP contribution in [0.3, 0.4) is 0 Å². The van der Waals surface area contributed by atoms with Gasteiger partial charge in [0.1, 0.15) is 11.2 Å². The minimum atomic E-state index is -0.729. The lowest BCUT2D eigenvalue weighted by molar-refractivity contribution is 0.0877. The van der Waals surface area contributed by atoms with Gasteiger partial charge in [-0.1, -0.05) is 0 Å². The third-order valence-corrected chi connectivity index (χ3v) is 3.66. The van der Waals surface area contributed by atoms with Crippen molar-refractivity contribution in [3.8, 4) is 6.07 Å². The van der Waals surface area contributed by atoms with Crippen LogP contribution in [0.15, 0.2) is 10.9 Å². The summed E-state index contributed by atoms with van der Waals surface area (Å²) in [7, 11) is 2.02. The fourth-order valence-electron chi connectivity index (χ4n) is 1.87. The molecule has 0 bridgehead atoms. The number of nitrogens with one attached hydrogen (secondary N) is 1. The fourth-order valence-corrected chi connectivity index (χ4v) is 2.40. The van der Waals surface area contributed by atoms with Crippen molar-refractivity contribution in [3.05, 3.63) is 16.6 Å². The number of carbonyl (C=O) groups excluding carboxylic acids is 1. The molecule has 17 heavy (non-hydrogen) atoms. The van der Waals surface area contributed by atoms with Crippen LogP contribution in [0.1, 0.15) is 23.3 Å². The van der Waals surface area contributed by atoms with Crippen LogP contribution in [0.25, 0.3) is 0 Å². The second-order valence-corrected chi connectivity index (χ2v) is 5.04. The molecule has 0 spiro atoms. The van der Waals surface area contributed by atoms with E-state index in [0.717, 1.165) is 13.1 Å². The molecule has 0 atom stereocenters. The maximum absolute atomic E-state index is 11.9. The summed E-state index contributed by atoms with van der Waals surface area (Å²) in [6.07, 6.45) is 1.33. The van der Waals surface area contributed by atoms with Crippen molar-refractivity contribution < 1.29 is 4.79 Å². The maximum Gasteiger partial charge on any atom is 0.271 e. The van der Waals surface area contributed by atoms with Crippen LogP contribution < -0.4 is 5.32 Å². The number of rotatable bonds is 2. The Morgan fingerprint density at radius 1 is 1.65 bits per heavy atom. The summed E-state index contributed by atoms with van der Waals surface area (Å²) in [6, 6.07) is 2.25. The third-order valence-electron chi connectivity index (χ3n) is 3.07. The molecule has 1 saturated heterocycles. The van der Waals surface area contributed by atoms with Gasteiger partial charge >= 0.3 is 0 Å². The minimum absolute atomic E-state index is 0.252. The predicted molar refractivity (Wildman–Crippen MR) is 64.7 cm³/mol. The van der Waals surface area contributed by atoms with E-state index in [1.54, 1.807) is 10.9 Å². The van der Waals surface area contributed by atoms with Gasteiger partial charge in [0.05, 0.1) is 11.6 Å². The molecule has 0 aromatic carbocycles. The fraction of sp³-hybridized carbons (Fsp3) is 0.545. The largest absolute Gasteiger partial charge is 0.332 e. The first-order chi connectivity index (χ1) is 8.15. The highest BCUT2D eigenvalue weighted by molar-refractivity contribution is 7.07. The molecule has 1 fully saturated rings. The van der Waals surface area contributed by atoms with E-state index in [9.17, 15) is 10.1 Å². The van der Waals surface area contributed by atoms with E-state index in [4.69, 9.17) is 0 Å². The van der Waals surface area contributed by atoms with Crippen molar-refractivity contribution in [2.45, 2.75) is 18.4 Å². The monoisotopic (exact) mass is 250 g/mol. The number of thiazole rings is 1. The molecular formula is C11H14N4OS. The number of nitriles is 1. The van der Waals surface area contributed by atoms with Crippen molar-refractivity contribution >= 4 is 17.2 Å². The Morgan fingerprint density at radius 3 is 2.88 bits per heavy atom. The second-order valence-electron chi connectivity index (χ2n) is 4.32. The average Bonchev–Trinajstić information content (AvgIpc) is 2.86. The quantitative estimate of drug-likeness (QED) is 0.845. The zero-order valence-corrected chi connectivity index (χ0v) is 10.5. The van der Waals surface area contributed by atoms with E-state index in [1.165, 1.54) is 11.3 Å². The van der Waals surface area contributed by atoms with Gasteiger partial charge in [0.15, 0.2) is 0 Å². The Bertz CT molecular complexity index is 429. The topological polar surface area (TPSA) is 69.0 Å². The summed E-state index contributed by atoms with van der Waals surface area (Å²) in [5.41, 5.74) is 1.28. The van der Waals surface area contributed by atoms with Crippen molar-refractivity contribution in [1.82, 2.24) is 15.2 Å². The molecule has 1 aromatic heterocycles. The van der Waals surface area contributed by atoms with Crippen molar-refractivity contribution in [1.29, 1.82) is 5.26 Å². The first-order valence-electron chi connectivity index (χ1n) is 5.46. The molecule has 0 unspecified atom stereocenters. The summed E-state index contributed by atoms with van der Waals surface area (Å²) in [5.74, 6) is -0.252. The lowest BCUT2D eigenvalue weighted by Gasteiger charge is -2.35. The zero-order chi connectivity index (χ0) is 12.3. The molecular weight excluding hydrogens is 236 g/mol. The highest BCUT2D eigenvalue weighted by atomic mass is 32.1. The smallest absolute Gasteiger partial charge is 0.271 e. The predicted octanol–water partition coefficient (Wildman–Crippen LogP) is 0.861. The van der Waals surface area contributed by atoms with Gasteiger partial charge in [-0.05, 0) is 19.9 Å². The maximum atomic E-state index is 11.9. The molecule has 0 aliphatic carbocycles. The van der Waals surface area contributed by atoms with Gasteiger partial charge in [0.25, 0.3) is 5.91 Å². The third kappa shape index (κ3) is 2.62. The van der Waals surface area contributed by atoms with Gasteiger partial charge in [0, 0.05) is 18.5 Å². The summed E-state index contributed by atoms with van der Waals surface area (Å²) in [6.45, 7) is 1.65. The first-order valence-corrected chi connectivity index (χ1v) is 6.40. The molecule has 1 amide bonds. The number of carbonyl (C=O) groups is 1. The van der Waals surface area contributed by atoms with Crippen LogP contribution in [-0.2, 0) is 0 Å². The molecule has 90 valence electrons. The first kappa shape index (κ1) is 12.0. The molecule has 1 aromatic rings. The number of nitrogens with zero attached hydrogens (tertiary/aromatic N) is 3. The summed E-state index contributed by atoms with van der Waals surface area (Å²) in [5, 5.41) is 13.8. The van der Waals surface area contributed by atoms with Gasteiger partial charge < -0.3 is 10.2 Å². The van der Waals surface area contributed by atoms with Crippen LogP contribution in [0.5, 0.6) is 0 Å². The highest BCUT2D eigenvalue weighted by Crippen LogP contribution is 2.21. The molecule has 2 rings (SSSR count). The molecule has 1 N–H and O–H groups in total. The van der Waals surface area contributed by atoms with Gasteiger partial charge in [-0.15, -0.1) is 11.3 Å². The minimum Gasteiger partial charge on any atom is -0.332 e. The summed E-state index contributed by atoms with van der Waals surface area (Å²) < 4.78 is 0. The summed E-state index contributed by atoms with van der Waals surface area (Å²) in [4.78, 5) is 18.0. The normalized spacial score (nSPS) is 19.5. The van der Waals surface area contributed by atoms with Crippen molar-refractivity contribution in [2.75, 3.05) is 20.1 Å². The zero-order valence-electron chi connectivity index (χ0n) is 9.64. The van der Waals surface area contributed by atoms with Gasteiger partial charge in [-0.3, -0.25) is 4.79 Å². The Labute approximate surface area is 104 Å². The Morgan fingerprint density at radius 2 is 2.35 bits per heavy atom. The molecule has 1 aliphatic rings. The van der Waals surface area contributed by atoms with Gasteiger partial charge in [-0.25, -0.2) is 4.98 Å². The van der Waals surface area contributed by atoms with E-state index < -0.39 is 5.54 Å². The van der Waals surface area contributed by atoms with E-state index in [0.29, 0.717) is 18.5 Å². The Kier molecular flexibility index (Phi) is 3.41. The number of piperidine rings is 1. The van der Waals surface area contributed by atoms with Crippen LogP contribution >= 0.6 is 11.3 Å². The molecule has 1 aliphatic heterocycles. The van der Waals surface area contributed by atoms with E-state index in [-0.39, 0.29) is 5.91 Å². The molecule has 5 nitrogen and oxygen atoms in total. The highest BCUT2D eigenvalue weighted by Gasteiger charge is 2.35. The average molecular weight is 250 g/mol. The van der Waals surface area contributed by atoms with Gasteiger partial charge in [0.2, 0.25) is 0 Å². The Hall–Kier alpha value is -1.45. The van der Waals surface area contributed by atoms with Crippen LogP contribution in [0.2, 0.25) is 0 Å². The SMILES string of the molecule is CN1CCC(C#N)(NC(=O)c2cscn2)CC1. The number of hydrogen-bond acceptors (Lipinski definition) is 5. The molecule has 2 heterocycles. The standard InChI is InChI=1S/C11H14N4OS/c1-15-4-2-11(7-12,3-5-15)14-10(16)9-6-17-8-13-9/h6,8H,2-5H2,1H3,(H,14,16). The molecule has 0 radical (unpaired) electrons. The van der Waals surface area contributed by atoms with Crippen molar-refractivity contribution in [2.24, 2.45) is 0 Å². The van der Waals surface area contributed by atoms with Gasteiger partial charge in [-0.2, -0.15) is 5.26 Å². The lowest BCUT2D eigenvalue weighted by Crippen LogP contribution is -2.53. The van der Waals surface area contributed by atoms with E-state index >= 15 is 0 Å². The number of amides is 1. The molecule has 6 heteroatoms. The second kappa shape index (κ2) is 4.82. The van der Waals surface area contributed by atoms with E-state index in [1.807, 2.05) is 7.05 Å². The van der Waals surface area contributed by atoms with Crippen molar-refractivity contribution in [3.63, 3.8) is 0 Å². The lowest BCUT2D eigenvalue weighted by atomic mass is 9.89. The summed E-state index contributed by atoms with van der Waals surface area (Å²) >= 11 is 1.37. The van der Waals surface area contributed by atoms with E-state index in [2.05, 4.69) is 21.3 Å². The Balaban J connectivity index is 2.06. The number of hydrogen-bond donors (Lipinski definition) is 1.